The molecular formula is C14H28N2OS. The second kappa shape index (κ2) is 7.01. The second-order valence-corrected chi connectivity index (χ2v) is 7.57. The molecule has 1 N–H and O–H groups in total. The lowest BCUT2D eigenvalue weighted by molar-refractivity contribution is 0.167. The van der Waals surface area contributed by atoms with Crippen molar-refractivity contribution in [1.82, 2.24) is 10.2 Å². The zero-order valence-corrected chi connectivity index (χ0v) is 12.7. The molecule has 2 atom stereocenters. The lowest BCUT2D eigenvalue weighted by Gasteiger charge is -2.36. The van der Waals surface area contributed by atoms with Crippen LogP contribution in [0.1, 0.15) is 39.5 Å². The van der Waals surface area contributed by atoms with Crippen molar-refractivity contribution in [2.45, 2.75) is 51.6 Å². The van der Waals surface area contributed by atoms with Crippen LogP contribution in [0.3, 0.4) is 0 Å². The molecule has 2 rings (SSSR count). The molecule has 2 unspecified atom stereocenters. The number of hydrogen-bond acceptors (Lipinski definition) is 3. The molecule has 3 nitrogen and oxygen atoms in total. The smallest absolute Gasteiger partial charge is 0.0249 e. The van der Waals surface area contributed by atoms with Crippen molar-refractivity contribution < 1.29 is 4.21 Å². The maximum Gasteiger partial charge on any atom is 0.0249 e. The fourth-order valence-electron chi connectivity index (χ4n) is 3.12. The number of nitrogens with zero attached hydrogens (tertiary/aromatic N) is 1. The van der Waals surface area contributed by atoms with Crippen LogP contribution in [0.15, 0.2) is 0 Å². The summed E-state index contributed by atoms with van der Waals surface area (Å²) in [6, 6.07) is 1.33. The lowest BCUT2D eigenvalue weighted by Crippen LogP contribution is -2.47. The van der Waals surface area contributed by atoms with Gasteiger partial charge in [-0.25, -0.2) is 0 Å². The van der Waals surface area contributed by atoms with E-state index >= 15 is 0 Å². The van der Waals surface area contributed by atoms with Crippen LogP contribution in [0.25, 0.3) is 0 Å². The Morgan fingerprint density at radius 3 is 2.78 bits per heavy atom. The largest absolute Gasteiger partial charge is 0.312 e. The van der Waals surface area contributed by atoms with Crippen LogP contribution in [0.4, 0.5) is 0 Å². The van der Waals surface area contributed by atoms with E-state index < -0.39 is 10.8 Å². The van der Waals surface area contributed by atoms with Gasteiger partial charge in [0.1, 0.15) is 0 Å². The Morgan fingerprint density at radius 1 is 1.39 bits per heavy atom. The van der Waals surface area contributed by atoms with Crippen molar-refractivity contribution in [2.24, 2.45) is 5.92 Å². The van der Waals surface area contributed by atoms with Crippen LogP contribution in [-0.2, 0) is 10.8 Å². The molecule has 0 spiro atoms. The number of rotatable bonds is 3. The van der Waals surface area contributed by atoms with E-state index in [0.29, 0.717) is 12.1 Å². The minimum absolute atomic E-state index is 0.531. The van der Waals surface area contributed by atoms with Crippen molar-refractivity contribution in [2.75, 3.05) is 31.1 Å². The Kier molecular flexibility index (Phi) is 5.64. The van der Waals surface area contributed by atoms with Gasteiger partial charge in [0.15, 0.2) is 0 Å². The van der Waals surface area contributed by atoms with E-state index in [0.717, 1.165) is 36.8 Å². The summed E-state index contributed by atoms with van der Waals surface area (Å²) < 4.78 is 11.5. The Labute approximate surface area is 114 Å². The molecule has 4 heteroatoms. The van der Waals surface area contributed by atoms with Gasteiger partial charge in [-0.3, -0.25) is 9.11 Å². The molecule has 0 aromatic carbocycles. The van der Waals surface area contributed by atoms with E-state index in [2.05, 4.69) is 24.1 Å². The SMILES string of the molecule is CCC(C)C1CN(C2CCS(=O)CC2)CCCN1. The fourth-order valence-corrected chi connectivity index (χ4v) is 4.40. The molecule has 0 aliphatic carbocycles. The van der Waals surface area contributed by atoms with E-state index in [9.17, 15) is 4.21 Å². The van der Waals surface area contributed by atoms with E-state index in [1.165, 1.54) is 25.9 Å². The third-order valence-electron chi connectivity index (χ3n) is 4.66. The van der Waals surface area contributed by atoms with Crippen LogP contribution >= 0.6 is 0 Å². The maximum absolute atomic E-state index is 11.5. The first-order chi connectivity index (χ1) is 8.70. The Bertz CT molecular complexity index is 275. The van der Waals surface area contributed by atoms with Crippen LogP contribution in [0.2, 0.25) is 0 Å². The summed E-state index contributed by atoms with van der Waals surface area (Å²) in [5.74, 6) is 2.59. The van der Waals surface area contributed by atoms with Gasteiger partial charge in [0, 0.05) is 40.9 Å². The van der Waals surface area contributed by atoms with E-state index in [4.69, 9.17) is 0 Å². The van der Waals surface area contributed by atoms with Crippen LogP contribution in [0.5, 0.6) is 0 Å². The predicted molar refractivity (Wildman–Crippen MR) is 78.3 cm³/mol. The van der Waals surface area contributed by atoms with Crippen molar-refractivity contribution in [3.8, 4) is 0 Å². The summed E-state index contributed by atoms with van der Waals surface area (Å²) >= 11 is 0. The zero-order chi connectivity index (χ0) is 13.0. The molecule has 18 heavy (non-hydrogen) atoms. The van der Waals surface area contributed by atoms with Gasteiger partial charge in [-0.1, -0.05) is 20.3 Å². The number of nitrogens with one attached hydrogen (secondary N) is 1. The Morgan fingerprint density at radius 2 is 2.11 bits per heavy atom. The van der Waals surface area contributed by atoms with E-state index in [-0.39, 0.29) is 0 Å². The minimum Gasteiger partial charge on any atom is -0.312 e. The average Bonchev–Trinajstić information content (AvgIpc) is 2.64. The highest BCUT2D eigenvalue weighted by atomic mass is 32.2. The quantitative estimate of drug-likeness (QED) is 0.847. The van der Waals surface area contributed by atoms with Crippen molar-refractivity contribution in [1.29, 1.82) is 0 Å². The molecule has 2 saturated heterocycles. The van der Waals surface area contributed by atoms with Gasteiger partial charge in [0.25, 0.3) is 0 Å². The summed E-state index contributed by atoms with van der Waals surface area (Å²) in [4.78, 5) is 2.67. The third kappa shape index (κ3) is 3.78. The van der Waals surface area contributed by atoms with Gasteiger partial charge in [0.05, 0.1) is 0 Å². The molecule has 0 bridgehead atoms. The summed E-state index contributed by atoms with van der Waals surface area (Å²) in [6.07, 6.45) is 4.78. The monoisotopic (exact) mass is 272 g/mol. The first-order valence-electron chi connectivity index (χ1n) is 7.53. The van der Waals surface area contributed by atoms with Gasteiger partial charge < -0.3 is 5.32 Å². The highest BCUT2D eigenvalue weighted by molar-refractivity contribution is 7.85. The summed E-state index contributed by atoms with van der Waals surface area (Å²) in [6.45, 7) is 8.20. The topological polar surface area (TPSA) is 32.3 Å². The average molecular weight is 272 g/mol. The Hall–Kier alpha value is 0.0700. The molecule has 0 amide bonds. The van der Waals surface area contributed by atoms with Crippen LogP contribution in [-0.4, -0.2) is 52.3 Å². The van der Waals surface area contributed by atoms with Crippen molar-refractivity contribution in [3.63, 3.8) is 0 Å². The van der Waals surface area contributed by atoms with Gasteiger partial charge in [0.2, 0.25) is 0 Å². The molecular weight excluding hydrogens is 244 g/mol. The highest BCUT2D eigenvalue weighted by Gasteiger charge is 2.28. The Balaban J connectivity index is 1.92. The fraction of sp³-hybridized carbons (Fsp3) is 1.00. The van der Waals surface area contributed by atoms with E-state index in [1.54, 1.807) is 0 Å². The van der Waals surface area contributed by atoms with Gasteiger partial charge in [-0.2, -0.15) is 0 Å². The maximum atomic E-state index is 11.5. The lowest BCUT2D eigenvalue weighted by atomic mass is 9.98. The minimum atomic E-state index is -0.531. The van der Waals surface area contributed by atoms with Gasteiger partial charge in [-0.05, 0) is 38.3 Å². The molecule has 0 saturated carbocycles. The van der Waals surface area contributed by atoms with Gasteiger partial charge >= 0.3 is 0 Å². The summed E-state index contributed by atoms with van der Waals surface area (Å²) in [7, 11) is -0.531. The summed E-state index contributed by atoms with van der Waals surface area (Å²) in [5, 5.41) is 3.71. The van der Waals surface area contributed by atoms with Gasteiger partial charge in [-0.15, -0.1) is 0 Å². The second-order valence-electron chi connectivity index (χ2n) is 5.87. The van der Waals surface area contributed by atoms with E-state index in [1.807, 2.05) is 0 Å². The first-order valence-corrected chi connectivity index (χ1v) is 9.02. The summed E-state index contributed by atoms with van der Waals surface area (Å²) in [5.41, 5.74) is 0. The van der Waals surface area contributed by atoms with Crippen LogP contribution in [0, 0.1) is 5.92 Å². The standard InChI is InChI=1S/C14H28N2OS/c1-3-12(2)14-11-16(8-4-7-15-14)13-5-9-18(17)10-6-13/h12-15H,3-11H2,1-2H3. The molecule has 0 aromatic heterocycles. The molecule has 2 aliphatic rings. The molecule has 106 valence electrons. The molecule has 0 aromatic rings. The highest BCUT2D eigenvalue weighted by Crippen LogP contribution is 2.20. The molecule has 2 fully saturated rings. The molecule has 0 radical (unpaired) electrons. The van der Waals surface area contributed by atoms with Crippen molar-refractivity contribution >= 4 is 10.8 Å². The molecule has 2 aliphatic heterocycles. The normalized spacial score (nSPS) is 37.1. The zero-order valence-electron chi connectivity index (χ0n) is 11.9. The van der Waals surface area contributed by atoms with Crippen molar-refractivity contribution in [3.05, 3.63) is 0 Å². The number of hydrogen-bond donors (Lipinski definition) is 1. The first kappa shape index (κ1) is 14.5. The molecule has 2 heterocycles. The third-order valence-corrected chi connectivity index (χ3v) is 6.05. The predicted octanol–water partition coefficient (Wildman–Crippen LogP) is 1.61. The van der Waals surface area contributed by atoms with Crippen LogP contribution < -0.4 is 5.32 Å².